The van der Waals surface area contributed by atoms with E-state index in [-0.39, 0.29) is 47.1 Å². The summed E-state index contributed by atoms with van der Waals surface area (Å²) in [5, 5.41) is 16.6. The largest absolute Gasteiger partial charge is 0.471 e. The first-order chi connectivity index (χ1) is 27.8. The monoisotopic (exact) mass is 837 g/mol. The molecule has 1 spiro atoms. The summed E-state index contributed by atoms with van der Waals surface area (Å²) in [4.78, 5) is 51.2. The van der Waals surface area contributed by atoms with Gasteiger partial charge in [-0.2, -0.15) is 18.4 Å². The highest BCUT2D eigenvalue weighted by molar-refractivity contribution is 7.44. The topological polar surface area (TPSA) is 159 Å². The molecule has 3 N–H and O–H groups in total. The summed E-state index contributed by atoms with van der Waals surface area (Å²) in [5.74, 6) is -3.48. The van der Waals surface area contributed by atoms with Gasteiger partial charge in [0.25, 0.3) is 14.4 Å². The molecule has 2 aliphatic rings. The number of nitrogens with zero attached hydrogens (tertiary/aromatic N) is 2. The zero-order chi connectivity index (χ0) is 43.3. The maximum atomic E-state index is 13.7. The van der Waals surface area contributed by atoms with Crippen molar-refractivity contribution in [2.24, 2.45) is 0 Å². The second kappa shape index (κ2) is 18.6. The molecule has 1 aliphatic heterocycles. The first-order valence-electron chi connectivity index (χ1n) is 19.7. The van der Waals surface area contributed by atoms with Crippen LogP contribution in [0, 0.1) is 11.3 Å². The minimum Gasteiger partial charge on any atom is -0.441 e. The Morgan fingerprint density at radius 1 is 0.831 bits per heavy atom. The Kier molecular flexibility index (Phi) is 14.2. The molecule has 2 atom stereocenters. The molecule has 5 rings (SSSR count). The molecule has 0 bridgehead atoms. The van der Waals surface area contributed by atoms with Crippen molar-refractivity contribution in [3.05, 3.63) is 93.5 Å². The van der Waals surface area contributed by atoms with E-state index in [4.69, 9.17) is 19.0 Å². The molecule has 3 amide bonds. The SMILES string of the molecule is CC(=O)Nc1ccc2c(c1)C(C)(C)c1cc(NC(=O)C(F)(F)F)ccc1C21OC(=O)c2ccc(C(=O)NCCCCCCOP(OCCC#N)N(C(C)C)C(C)C)cc21. The summed E-state index contributed by atoms with van der Waals surface area (Å²) >= 11 is 0. The van der Waals surface area contributed by atoms with Crippen LogP contribution >= 0.6 is 8.53 Å². The van der Waals surface area contributed by atoms with Gasteiger partial charge in [-0.1, -0.05) is 38.8 Å². The van der Waals surface area contributed by atoms with Gasteiger partial charge in [-0.15, -0.1) is 0 Å². The number of amides is 3. The first-order valence-corrected chi connectivity index (χ1v) is 20.8. The van der Waals surface area contributed by atoms with Crippen LogP contribution in [-0.4, -0.2) is 66.4 Å². The van der Waals surface area contributed by atoms with E-state index in [1.807, 2.05) is 19.2 Å². The average Bonchev–Trinajstić information content (AvgIpc) is 3.45. The molecule has 16 heteroatoms. The summed E-state index contributed by atoms with van der Waals surface area (Å²) in [6.45, 7) is 14.6. The maximum Gasteiger partial charge on any atom is 0.471 e. The number of alkyl halides is 3. The van der Waals surface area contributed by atoms with Crippen molar-refractivity contribution >= 4 is 43.6 Å². The van der Waals surface area contributed by atoms with Crippen LogP contribution in [0.1, 0.15) is 129 Å². The standard InChI is InChI=1S/C43H51F3N5O7P/c1-26(2)51(27(3)4)59(57-22-12-19-47)56-21-11-9-8-10-20-48-38(53)29-13-16-32-35(23-29)42(58-39(32)54)33-17-14-30(49-28(5)52)24-36(33)41(6,7)37-25-31(15-18-34(37)42)50-40(55)43(44,45)46/h13-18,23-27H,8-12,20-22H2,1-7H3,(H,48,53)(H,49,52)(H,50,55). The third-order valence-electron chi connectivity index (χ3n) is 10.3. The van der Waals surface area contributed by atoms with E-state index >= 15 is 0 Å². The summed E-state index contributed by atoms with van der Waals surface area (Å²) < 4.78 is 60.4. The van der Waals surface area contributed by atoms with Gasteiger partial charge in [0.1, 0.15) is 0 Å². The molecule has 59 heavy (non-hydrogen) atoms. The third-order valence-corrected chi connectivity index (χ3v) is 12.4. The van der Waals surface area contributed by atoms with Gasteiger partial charge in [0.15, 0.2) is 5.60 Å². The lowest BCUT2D eigenvalue weighted by Crippen LogP contribution is -2.41. The number of halogens is 3. The lowest BCUT2D eigenvalue weighted by atomic mass is 9.61. The second-order valence-electron chi connectivity index (χ2n) is 15.7. The Bertz CT molecular complexity index is 2110. The highest BCUT2D eigenvalue weighted by Gasteiger charge is 2.56. The molecule has 0 fully saturated rings. The van der Waals surface area contributed by atoms with Crippen LogP contribution in [0.3, 0.4) is 0 Å². The summed E-state index contributed by atoms with van der Waals surface area (Å²) in [6.07, 6.45) is -1.64. The van der Waals surface area contributed by atoms with Crippen molar-refractivity contribution in [1.29, 1.82) is 5.26 Å². The summed E-state index contributed by atoms with van der Waals surface area (Å²) in [5.41, 5.74) is 0.712. The number of anilines is 2. The molecule has 316 valence electrons. The van der Waals surface area contributed by atoms with E-state index in [9.17, 15) is 32.3 Å². The van der Waals surface area contributed by atoms with Gasteiger partial charge in [-0.3, -0.25) is 14.4 Å². The van der Waals surface area contributed by atoms with Gasteiger partial charge in [0.05, 0.1) is 31.3 Å². The van der Waals surface area contributed by atoms with E-state index in [2.05, 4.69) is 49.1 Å². The average molecular weight is 838 g/mol. The van der Waals surface area contributed by atoms with Crippen molar-refractivity contribution in [2.45, 2.75) is 110 Å². The van der Waals surface area contributed by atoms with Crippen molar-refractivity contribution < 1.29 is 46.1 Å². The number of nitriles is 1. The predicted octanol–water partition coefficient (Wildman–Crippen LogP) is 8.83. The van der Waals surface area contributed by atoms with E-state index in [0.29, 0.717) is 59.7 Å². The number of carbonyl (C=O) groups excluding carboxylic acids is 4. The second-order valence-corrected chi connectivity index (χ2v) is 17.1. The van der Waals surface area contributed by atoms with Crippen molar-refractivity contribution in [3.8, 4) is 6.07 Å². The molecule has 0 saturated heterocycles. The summed E-state index contributed by atoms with van der Waals surface area (Å²) in [7, 11) is -1.31. The molecule has 1 aliphatic carbocycles. The van der Waals surface area contributed by atoms with Crippen molar-refractivity contribution in [2.75, 3.05) is 30.4 Å². The van der Waals surface area contributed by atoms with Crippen molar-refractivity contribution in [3.63, 3.8) is 0 Å². The van der Waals surface area contributed by atoms with Gasteiger partial charge >= 0.3 is 18.1 Å². The fraction of sp³-hybridized carbons (Fsp3) is 0.465. The number of hydrogen-bond acceptors (Lipinski definition) is 9. The fourth-order valence-electron chi connectivity index (χ4n) is 7.73. The number of ether oxygens (including phenoxy) is 1. The highest BCUT2D eigenvalue weighted by atomic mass is 31.2. The van der Waals surface area contributed by atoms with Crippen LogP contribution in [0.4, 0.5) is 24.5 Å². The van der Waals surface area contributed by atoms with E-state index in [0.717, 1.165) is 19.3 Å². The molecule has 3 aromatic rings. The van der Waals surface area contributed by atoms with Gasteiger partial charge < -0.3 is 29.7 Å². The van der Waals surface area contributed by atoms with Gasteiger partial charge in [0, 0.05) is 64.6 Å². The van der Waals surface area contributed by atoms with Crippen LogP contribution in [-0.2, 0) is 34.4 Å². The highest BCUT2D eigenvalue weighted by Crippen LogP contribution is 2.57. The third kappa shape index (κ3) is 9.79. The van der Waals surface area contributed by atoms with Crippen LogP contribution < -0.4 is 16.0 Å². The minimum atomic E-state index is -5.12. The van der Waals surface area contributed by atoms with Crippen molar-refractivity contribution in [1.82, 2.24) is 9.99 Å². The molecule has 0 radical (unpaired) electrons. The summed E-state index contributed by atoms with van der Waals surface area (Å²) in [6, 6.07) is 16.6. The van der Waals surface area contributed by atoms with Crippen LogP contribution in [0.15, 0.2) is 54.6 Å². The normalized spacial score (nSPS) is 16.9. The first kappa shape index (κ1) is 45.2. The van der Waals surface area contributed by atoms with Crippen LogP contribution in [0.25, 0.3) is 0 Å². The van der Waals surface area contributed by atoms with Crippen LogP contribution in [0.5, 0.6) is 0 Å². The molecular weight excluding hydrogens is 786 g/mol. The Morgan fingerprint density at radius 3 is 2.00 bits per heavy atom. The number of fused-ring (bicyclic) bond motifs is 6. The molecule has 2 unspecified atom stereocenters. The number of esters is 1. The number of carbonyl (C=O) groups is 4. The van der Waals surface area contributed by atoms with E-state index in [1.54, 1.807) is 30.3 Å². The quantitative estimate of drug-likeness (QED) is 0.0686. The maximum absolute atomic E-state index is 13.7. The van der Waals surface area contributed by atoms with Gasteiger partial charge in [-0.05, 0) is 94.1 Å². The molecule has 3 aromatic carbocycles. The Hall–Kier alpha value is -4.87. The molecular formula is C43H51F3N5O7P. The zero-order valence-corrected chi connectivity index (χ0v) is 35.2. The number of benzene rings is 3. The van der Waals surface area contributed by atoms with Gasteiger partial charge in [-0.25, -0.2) is 9.46 Å². The number of hydrogen-bond donors (Lipinski definition) is 3. The molecule has 12 nitrogen and oxygen atoms in total. The van der Waals surface area contributed by atoms with Crippen LogP contribution in [0.2, 0.25) is 0 Å². The van der Waals surface area contributed by atoms with E-state index in [1.165, 1.54) is 31.2 Å². The number of nitrogens with one attached hydrogen (secondary N) is 3. The smallest absolute Gasteiger partial charge is 0.441 e. The number of unbranched alkanes of at least 4 members (excludes halogenated alkanes) is 3. The predicted molar refractivity (Wildman–Crippen MR) is 218 cm³/mol. The lowest BCUT2D eigenvalue weighted by molar-refractivity contribution is -0.167. The fourth-order valence-corrected chi connectivity index (χ4v) is 9.36. The molecule has 0 saturated carbocycles. The Morgan fingerprint density at radius 2 is 1.42 bits per heavy atom. The molecule has 1 heterocycles. The Balaban J connectivity index is 1.34. The van der Waals surface area contributed by atoms with Gasteiger partial charge in [0.2, 0.25) is 5.91 Å². The molecule has 0 aromatic heterocycles. The number of rotatable bonds is 17. The zero-order valence-electron chi connectivity index (χ0n) is 34.3. The Labute approximate surface area is 344 Å². The minimum absolute atomic E-state index is 0.115. The van der Waals surface area contributed by atoms with E-state index < -0.39 is 37.6 Å². The lowest BCUT2D eigenvalue weighted by Gasteiger charge is -2.44.